The van der Waals surface area contributed by atoms with E-state index in [1.807, 2.05) is 18.2 Å². The molecule has 3 rings (SSSR count). The molecule has 0 radical (unpaired) electrons. The minimum atomic E-state index is -0.0251. The van der Waals surface area contributed by atoms with Gasteiger partial charge in [-0.05, 0) is 30.0 Å². The number of ketones is 1. The second kappa shape index (κ2) is 7.38. The van der Waals surface area contributed by atoms with Gasteiger partial charge < -0.3 is 0 Å². The molecule has 0 amide bonds. The maximum atomic E-state index is 12.1. The molecule has 0 aromatic heterocycles. The Morgan fingerprint density at radius 1 is 1.04 bits per heavy atom. The summed E-state index contributed by atoms with van der Waals surface area (Å²) in [6.07, 6.45) is 3.35. The average molecular weight is 305 g/mol. The number of nitrogens with zero attached hydrogens (tertiary/aromatic N) is 1. The number of rotatable bonds is 5. The van der Waals surface area contributed by atoms with Gasteiger partial charge in [-0.25, -0.2) is 0 Å². The minimum Gasteiger partial charge on any atom is -0.299 e. The second-order valence-electron chi connectivity index (χ2n) is 6.18. The third-order valence-electron chi connectivity index (χ3n) is 4.57. The zero-order valence-electron chi connectivity index (χ0n) is 13.6. The maximum Gasteiger partial charge on any atom is 0.138 e. The van der Waals surface area contributed by atoms with Crippen LogP contribution in [-0.2, 0) is 4.79 Å². The highest BCUT2D eigenvalue weighted by Gasteiger charge is 2.21. The van der Waals surface area contributed by atoms with Gasteiger partial charge in [0, 0.05) is 19.6 Å². The number of hydrogen-bond acceptors (Lipinski definition) is 2. The molecule has 2 aromatic rings. The topological polar surface area (TPSA) is 20.3 Å². The van der Waals surface area contributed by atoms with Crippen molar-refractivity contribution in [2.45, 2.75) is 19.3 Å². The lowest BCUT2D eigenvalue weighted by atomic mass is 9.93. The van der Waals surface area contributed by atoms with E-state index in [0.717, 1.165) is 31.6 Å². The van der Waals surface area contributed by atoms with Crippen molar-refractivity contribution >= 4 is 11.4 Å². The molecule has 2 aromatic carbocycles. The normalized spacial score (nSPS) is 16.7. The number of Topliss-reactive ketones (excluding diaryl/α,β-unsaturated/α-hetero) is 1. The summed E-state index contributed by atoms with van der Waals surface area (Å²) in [5.41, 5.74) is 3.86. The number of benzene rings is 2. The SMILES string of the molecule is CC(=O)C(CN1CC=C(c2ccccc2)CC1)c1ccccc1. The maximum absolute atomic E-state index is 12.1. The van der Waals surface area contributed by atoms with Gasteiger partial charge >= 0.3 is 0 Å². The molecule has 2 heteroatoms. The van der Waals surface area contributed by atoms with E-state index in [9.17, 15) is 4.79 Å². The first-order valence-electron chi connectivity index (χ1n) is 8.26. The molecule has 0 aliphatic carbocycles. The van der Waals surface area contributed by atoms with Crippen molar-refractivity contribution in [1.82, 2.24) is 4.90 Å². The van der Waals surface area contributed by atoms with Gasteiger partial charge in [-0.15, -0.1) is 0 Å². The highest BCUT2D eigenvalue weighted by atomic mass is 16.1. The van der Waals surface area contributed by atoms with Gasteiger partial charge in [0.2, 0.25) is 0 Å². The van der Waals surface area contributed by atoms with E-state index < -0.39 is 0 Å². The first-order chi connectivity index (χ1) is 11.2. The van der Waals surface area contributed by atoms with Crippen LogP contribution in [0.15, 0.2) is 66.7 Å². The van der Waals surface area contributed by atoms with Crippen LogP contribution in [0.25, 0.3) is 5.57 Å². The Labute approximate surface area is 138 Å². The van der Waals surface area contributed by atoms with Crippen molar-refractivity contribution in [1.29, 1.82) is 0 Å². The van der Waals surface area contributed by atoms with Gasteiger partial charge in [-0.2, -0.15) is 0 Å². The van der Waals surface area contributed by atoms with Crippen LogP contribution in [0.1, 0.15) is 30.4 Å². The molecule has 0 spiro atoms. The molecule has 0 N–H and O–H groups in total. The zero-order chi connectivity index (χ0) is 16.1. The lowest BCUT2D eigenvalue weighted by Gasteiger charge is -2.29. The molecule has 0 fully saturated rings. The highest BCUT2D eigenvalue weighted by Crippen LogP contribution is 2.24. The smallest absolute Gasteiger partial charge is 0.138 e. The number of carbonyl (C=O) groups is 1. The predicted octanol–water partition coefficient (Wildman–Crippen LogP) is 4.15. The van der Waals surface area contributed by atoms with Crippen molar-refractivity contribution in [3.8, 4) is 0 Å². The van der Waals surface area contributed by atoms with E-state index in [1.165, 1.54) is 11.1 Å². The van der Waals surface area contributed by atoms with Gasteiger partial charge in [-0.3, -0.25) is 9.69 Å². The van der Waals surface area contributed by atoms with Crippen LogP contribution in [0.5, 0.6) is 0 Å². The largest absolute Gasteiger partial charge is 0.299 e. The van der Waals surface area contributed by atoms with Crippen LogP contribution >= 0.6 is 0 Å². The molecule has 2 nitrogen and oxygen atoms in total. The van der Waals surface area contributed by atoms with Crippen LogP contribution < -0.4 is 0 Å². The molecule has 1 atom stereocenters. The Morgan fingerprint density at radius 2 is 1.70 bits per heavy atom. The van der Waals surface area contributed by atoms with E-state index in [4.69, 9.17) is 0 Å². The van der Waals surface area contributed by atoms with E-state index in [-0.39, 0.29) is 11.7 Å². The number of carbonyl (C=O) groups excluding carboxylic acids is 1. The lowest BCUT2D eigenvalue weighted by Crippen LogP contribution is -2.34. The molecule has 1 aliphatic heterocycles. The van der Waals surface area contributed by atoms with Crippen molar-refractivity contribution in [2.75, 3.05) is 19.6 Å². The fraction of sp³-hybridized carbons (Fsp3) is 0.286. The van der Waals surface area contributed by atoms with E-state index >= 15 is 0 Å². The monoisotopic (exact) mass is 305 g/mol. The van der Waals surface area contributed by atoms with Gasteiger partial charge in [0.05, 0.1) is 5.92 Å². The Bertz CT molecular complexity index is 676. The summed E-state index contributed by atoms with van der Waals surface area (Å²) in [5.74, 6) is 0.219. The van der Waals surface area contributed by atoms with Crippen LogP contribution in [0.4, 0.5) is 0 Å². The molecule has 1 heterocycles. The fourth-order valence-electron chi connectivity index (χ4n) is 3.20. The molecule has 1 aliphatic rings. The van der Waals surface area contributed by atoms with E-state index in [2.05, 4.69) is 53.4 Å². The third-order valence-corrected chi connectivity index (χ3v) is 4.57. The van der Waals surface area contributed by atoms with Crippen LogP contribution in [-0.4, -0.2) is 30.3 Å². The van der Waals surface area contributed by atoms with Crippen molar-refractivity contribution < 1.29 is 4.79 Å². The Balaban J connectivity index is 1.67. The van der Waals surface area contributed by atoms with Gasteiger partial charge in [0.25, 0.3) is 0 Å². The molecule has 118 valence electrons. The summed E-state index contributed by atoms with van der Waals surface area (Å²) >= 11 is 0. The van der Waals surface area contributed by atoms with Crippen molar-refractivity contribution in [3.05, 3.63) is 77.9 Å². The predicted molar refractivity (Wildman–Crippen MR) is 95.3 cm³/mol. The second-order valence-corrected chi connectivity index (χ2v) is 6.18. The quantitative estimate of drug-likeness (QED) is 0.827. The average Bonchev–Trinajstić information content (AvgIpc) is 2.61. The molecule has 0 saturated carbocycles. The summed E-state index contributed by atoms with van der Waals surface area (Å²) in [4.78, 5) is 14.4. The lowest BCUT2D eigenvalue weighted by molar-refractivity contribution is -0.118. The molecular formula is C21H23NO. The Hall–Kier alpha value is -2.19. The molecular weight excluding hydrogens is 282 g/mol. The zero-order valence-corrected chi connectivity index (χ0v) is 13.6. The number of hydrogen-bond donors (Lipinski definition) is 0. The third kappa shape index (κ3) is 3.96. The van der Waals surface area contributed by atoms with Crippen LogP contribution in [0, 0.1) is 0 Å². The first-order valence-corrected chi connectivity index (χ1v) is 8.26. The molecule has 1 unspecified atom stereocenters. The summed E-state index contributed by atoms with van der Waals surface area (Å²) in [5, 5.41) is 0. The van der Waals surface area contributed by atoms with Crippen molar-refractivity contribution in [2.24, 2.45) is 0 Å². The van der Waals surface area contributed by atoms with Crippen LogP contribution in [0.3, 0.4) is 0 Å². The van der Waals surface area contributed by atoms with Crippen LogP contribution in [0.2, 0.25) is 0 Å². The summed E-state index contributed by atoms with van der Waals surface area (Å²) in [6.45, 7) is 4.43. The minimum absolute atomic E-state index is 0.0251. The summed E-state index contributed by atoms with van der Waals surface area (Å²) in [6, 6.07) is 20.7. The Morgan fingerprint density at radius 3 is 2.26 bits per heavy atom. The van der Waals surface area contributed by atoms with E-state index in [0.29, 0.717) is 0 Å². The first kappa shape index (κ1) is 15.7. The van der Waals surface area contributed by atoms with Gasteiger partial charge in [0.1, 0.15) is 5.78 Å². The molecule has 23 heavy (non-hydrogen) atoms. The molecule has 0 bridgehead atoms. The fourth-order valence-corrected chi connectivity index (χ4v) is 3.20. The standard InChI is InChI=1S/C21H23NO/c1-17(23)21(20-10-6-3-7-11-20)16-22-14-12-19(13-15-22)18-8-4-2-5-9-18/h2-12,21H,13-16H2,1H3. The highest BCUT2D eigenvalue weighted by molar-refractivity contribution is 5.83. The Kier molecular flexibility index (Phi) is 5.04. The van der Waals surface area contributed by atoms with E-state index in [1.54, 1.807) is 6.92 Å². The van der Waals surface area contributed by atoms with Gasteiger partial charge in [0.15, 0.2) is 0 Å². The van der Waals surface area contributed by atoms with Crippen molar-refractivity contribution in [3.63, 3.8) is 0 Å². The molecule has 0 saturated heterocycles. The summed E-state index contributed by atoms with van der Waals surface area (Å²) < 4.78 is 0. The van der Waals surface area contributed by atoms with Gasteiger partial charge in [-0.1, -0.05) is 66.7 Å². The summed E-state index contributed by atoms with van der Waals surface area (Å²) in [7, 11) is 0.